The molecule has 0 aromatic heterocycles. The Bertz CT molecular complexity index is 943. The predicted molar refractivity (Wildman–Crippen MR) is 139 cm³/mol. The molecule has 0 radical (unpaired) electrons. The van der Waals surface area contributed by atoms with Crippen LogP contribution >= 0.6 is 0 Å². The number of hydrogen-bond donors (Lipinski definition) is 2. The Morgan fingerprint density at radius 1 is 0.800 bits per heavy atom. The molecule has 0 aliphatic heterocycles. The summed E-state index contributed by atoms with van der Waals surface area (Å²) in [6, 6.07) is 14.1. The highest BCUT2D eigenvalue weighted by Crippen LogP contribution is 2.23. The molecular formula is C28H38N2O5. The zero-order valence-electron chi connectivity index (χ0n) is 21.1. The van der Waals surface area contributed by atoms with Gasteiger partial charge in [-0.1, -0.05) is 63.6 Å². The van der Waals surface area contributed by atoms with Crippen LogP contribution in [0.25, 0.3) is 0 Å². The van der Waals surface area contributed by atoms with Gasteiger partial charge in [-0.2, -0.15) is 0 Å². The number of benzene rings is 2. The number of nitrogens with one attached hydrogen (secondary N) is 2. The SMILES string of the molecule is CCCCCCCCCC(=O)Nc1ccc(NC(=O)C(Cc2ccccc2OC)C(=O)OC)cc1. The fourth-order valence-corrected chi connectivity index (χ4v) is 3.85. The van der Waals surface area contributed by atoms with Crippen LogP contribution in [0.5, 0.6) is 5.75 Å². The van der Waals surface area contributed by atoms with Gasteiger partial charge in [-0.15, -0.1) is 0 Å². The number of carbonyl (C=O) groups excluding carboxylic acids is 3. The Kier molecular flexibility index (Phi) is 12.4. The van der Waals surface area contributed by atoms with Gasteiger partial charge in [0.2, 0.25) is 11.8 Å². The Morgan fingerprint density at radius 3 is 2.03 bits per heavy atom. The highest BCUT2D eigenvalue weighted by Gasteiger charge is 2.29. The van der Waals surface area contributed by atoms with Gasteiger partial charge in [-0.05, 0) is 48.7 Å². The van der Waals surface area contributed by atoms with E-state index in [1.54, 1.807) is 37.4 Å². The number of ether oxygens (including phenoxy) is 2. The minimum absolute atomic E-state index is 0.0158. The summed E-state index contributed by atoms with van der Waals surface area (Å²) in [5.41, 5.74) is 1.92. The summed E-state index contributed by atoms with van der Waals surface area (Å²) in [7, 11) is 2.80. The highest BCUT2D eigenvalue weighted by molar-refractivity contribution is 6.05. The lowest BCUT2D eigenvalue weighted by atomic mass is 9.97. The van der Waals surface area contributed by atoms with Crippen LogP contribution in [-0.4, -0.2) is 32.0 Å². The fourth-order valence-electron chi connectivity index (χ4n) is 3.85. The molecule has 0 fully saturated rings. The molecule has 0 saturated heterocycles. The molecule has 0 saturated carbocycles. The summed E-state index contributed by atoms with van der Waals surface area (Å²) < 4.78 is 10.2. The van der Waals surface area contributed by atoms with Crippen molar-refractivity contribution in [2.24, 2.45) is 5.92 Å². The topological polar surface area (TPSA) is 93.7 Å². The maximum absolute atomic E-state index is 12.9. The quantitative estimate of drug-likeness (QED) is 0.192. The molecule has 1 atom stereocenters. The van der Waals surface area contributed by atoms with E-state index in [0.29, 0.717) is 23.5 Å². The summed E-state index contributed by atoms with van der Waals surface area (Å²) in [4.78, 5) is 37.4. The zero-order valence-corrected chi connectivity index (χ0v) is 21.1. The number of esters is 1. The second kappa shape index (κ2) is 15.5. The van der Waals surface area contributed by atoms with Crippen LogP contribution in [0.2, 0.25) is 0 Å². The summed E-state index contributed by atoms with van der Waals surface area (Å²) in [6.45, 7) is 2.20. The summed E-state index contributed by atoms with van der Waals surface area (Å²) in [5.74, 6) is -1.54. The Balaban J connectivity index is 1.87. The van der Waals surface area contributed by atoms with Gasteiger partial charge < -0.3 is 20.1 Å². The van der Waals surface area contributed by atoms with Crippen LogP contribution in [0.15, 0.2) is 48.5 Å². The van der Waals surface area contributed by atoms with E-state index in [1.165, 1.54) is 39.2 Å². The minimum atomic E-state index is -1.03. The van der Waals surface area contributed by atoms with Crippen molar-refractivity contribution in [2.45, 2.75) is 64.7 Å². The zero-order chi connectivity index (χ0) is 25.5. The molecule has 35 heavy (non-hydrogen) atoms. The van der Waals surface area contributed by atoms with Gasteiger partial charge in [0.05, 0.1) is 14.2 Å². The molecule has 0 aliphatic rings. The van der Waals surface area contributed by atoms with Gasteiger partial charge in [0, 0.05) is 17.8 Å². The number of methoxy groups -OCH3 is 2. The lowest BCUT2D eigenvalue weighted by Gasteiger charge is -2.16. The third-order valence-electron chi connectivity index (χ3n) is 5.86. The van der Waals surface area contributed by atoms with Gasteiger partial charge in [0.15, 0.2) is 0 Å². The summed E-state index contributed by atoms with van der Waals surface area (Å²) in [5, 5.41) is 5.65. The first-order chi connectivity index (χ1) is 17.0. The van der Waals surface area contributed by atoms with Crippen molar-refractivity contribution in [1.82, 2.24) is 0 Å². The number of para-hydroxylation sites is 1. The van der Waals surface area contributed by atoms with Crippen molar-refractivity contribution in [1.29, 1.82) is 0 Å². The van der Waals surface area contributed by atoms with Gasteiger partial charge in [-0.25, -0.2) is 0 Å². The molecule has 1 unspecified atom stereocenters. The van der Waals surface area contributed by atoms with Crippen molar-refractivity contribution >= 4 is 29.2 Å². The summed E-state index contributed by atoms with van der Waals surface area (Å²) in [6.07, 6.45) is 8.79. The Morgan fingerprint density at radius 2 is 1.40 bits per heavy atom. The molecule has 2 N–H and O–H groups in total. The summed E-state index contributed by atoms with van der Waals surface area (Å²) >= 11 is 0. The van der Waals surface area contributed by atoms with Crippen molar-refractivity contribution in [3.05, 3.63) is 54.1 Å². The number of amides is 2. The maximum atomic E-state index is 12.9. The monoisotopic (exact) mass is 482 g/mol. The lowest BCUT2D eigenvalue weighted by molar-refractivity contribution is -0.148. The molecule has 0 heterocycles. The van der Waals surface area contributed by atoms with Crippen molar-refractivity contribution in [3.63, 3.8) is 0 Å². The normalized spacial score (nSPS) is 11.4. The lowest BCUT2D eigenvalue weighted by Crippen LogP contribution is -2.32. The van der Waals surface area contributed by atoms with E-state index in [1.807, 2.05) is 18.2 Å². The van der Waals surface area contributed by atoms with Gasteiger partial charge in [0.25, 0.3) is 0 Å². The third kappa shape index (κ3) is 9.81. The van der Waals surface area contributed by atoms with E-state index in [4.69, 9.17) is 9.47 Å². The van der Waals surface area contributed by atoms with E-state index >= 15 is 0 Å². The standard InChI is InChI=1S/C28H38N2O5/c1-4-5-6-7-8-9-10-15-26(31)29-22-16-18-23(19-17-22)30-27(32)24(28(33)35-3)20-21-13-11-12-14-25(21)34-2/h11-14,16-19,24H,4-10,15,20H2,1-3H3,(H,29,31)(H,30,32). The van der Waals surface area contributed by atoms with Crippen LogP contribution in [0.4, 0.5) is 11.4 Å². The fraction of sp³-hybridized carbons (Fsp3) is 0.464. The number of carbonyl (C=O) groups is 3. The largest absolute Gasteiger partial charge is 0.496 e. The number of anilines is 2. The minimum Gasteiger partial charge on any atom is -0.496 e. The predicted octanol–water partition coefficient (Wildman–Crippen LogP) is 5.74. The second-order valence-corrected chi connectivity index (χ2v) is 8.58. The second-order valence-electron chi connectivity index (χ2n) is 8.58. The van der Waals surface area contributed by atoms with Crippen LogP contribution in [0.1, 0.15) is 63.9 Å². The average molecular weight is 483 g/mol. The number of rotatable bonds is 15. The van der Waals surface area contributed by atoms with E-state index in [-0.39, 0.29) is 12.3 Å². The van der Waals surface area contributed by atoms with Crippen LogP contribution in [0, 0.1) is 5.92 Å². The van der Waals surface area contributed by atoms with E-state index < -0.39 is 17.8 Å². The Hall–Kier alpha value is -3.35. The maximum Gasteiger partial charge on any atom is 0.318 e. The number of hydrogen-bond acceptors (Lipinski definition) is 5. The van der Waals surface area contributed by atoms with Crippen molar-refractivity contribution < 1.29 is 23.9 Å². The first-order valence-electron chi connectivity index (χ1n) is 12.4. The average Bonchev–Trinajstić information content (AvgIpc) is 2.87. The first-order valence-corrected chi connectivity index (χ1v) is 12.4. The van der Waals surface area contributed by atoms with Crippen LogP contribution in [-0.2, 0) is 25.5 Å². The van der Waals surface area contributed by atoms with Crippen LogP contribution < -0.4 is 15.4 Å². The van der Waals surface area contributed by atoms with Gasteiger partial charge in [0.1, 0.15) is 11.7 Å². The molecule has 190 valence electrons. The van der Waals surface area contributed by atoms with Gasteiger partial charge >= 0.3 is 5.97 Å². The van der Waals surface area contributed by atoms with E-state index in [2.05, 4.69) is 17.6 Å². The Labute approximate surface area is 208 Å². The highest BCUT2D eigenvalue weighted by atomic mass is 16.5. The van der Waals surface area contributed by atoms with Crippen molar-refractivity contribution in [3.8, 4) is 5.75 Å². The molecule has 0 spiro atoms. The first kappa shape index (κ1) is 27.9. The molecule has 0 aliphatic carbocycles. The molecule has 2 aromatic carbocycles. The number of unbranched alkanes of at least 4 members (excludes halogenated alkanes) is 6. The third-order valence-corrected chi connectivity index (χ3v) is 5.86. The van der Waals surface area contributed by atoms with Crippen LogP contribution in [0.3, 0.4) is 0 Å². The van der Waals surface area contributed by atoms with Crippen molar-refractivity contribution in [2.75, 3.05) is 24.9 Å². The smallest absolute Gasteiger partial charge is 0.318 e. The molecule has 2 amide bonds. The molecular weight excluding hydrogens is 444 g/mol. The molecule has 0 bridgehead atoms. The van der Waals surface area contributed by atoms with Gasteiger partial charge in [-0.3, -0.25) is 14.4 Å². The van der Waals surface area contributed by atoms with E-state index in [0.717, 1.165) is 18.4 Å². The molecule has 7 nitrogen and oxygen atoms in total. The van der Waals surface area contributed by atoms with E-state index in [9.17, 15) is 14.4 Å². The molecule has 2 aromatic rings. The molecule has 7 heteroatoms. The molecule has 2 rings (SSSR count).